The Balaban J connectivity index is 2.95. The normalized spacial score (nSPS) is 10.7. The van der Waals surface area contributed by atoms with Crippen molar-refractivity contribution in [1.29, 1.82) is 5.26 Å². The predicted molar refractivity (Wildman–Crippen MR) is 50.2 cm³/mol. The van der Waals surface area contributed by atoms with Crippen LogP contribution >= 0.6 is 0 Å². The molecule has 0 aliphatic carbocycles. The fourth-order valence-electron chi connectivity index (χ4n) is 0.964. The first kappa shape index (κ1) is 12.7. The van der Waals surface area contributed by atoms with Crippen molar-refractivity contribution in [2.24, 2.45) is 0 Å². The predicted octanol–water partition coefficient (Wildman–Crippen LogP) is 1.84. The molecule has 1 aromatic rings. The average molecular weight is 246 g/mol. The van der Waals surface area contributed by atoms with Gasteiger partial charge in [0.05, 0.1) is 4.92 Å². The van der Waals surface area contributed by atoms with Gasteiger partial charge in [0.25, 0.3) is 5.69 Å². The minimum atomic E-state index is -4.46. The second-order valence-electron chi connectivity index (χ2n) is 2.93. The molecule has 0 unspecified atom stereocenters. The van der Waals surface area contributed by atoms with E-state index in [1.165, 1.54) is 6.07 Å². The molecule has 9 heteroatoms. The quantitative estimate of drug-likeness (QED) is 0.648. The molecule has 1 rings (SSSR count). The standard InChI is InChI=1S/C8H5F3N4O2/c9-8(10,11)4-14-7-5(2-12)1-6(3-13-7)15(16)17/h1,3H,4H2,(H,13,14). The van der Waals surface area contributed by atoms with Crippen molar-refractivity contribution in [3.05, 3.63) is 27.9 Å². The van der Waals surface area contributed by atoms with E-state index in [1.54, 1.807) is 0 Å². The number of nitrogens with zero attached hydrogens (tertiary/aromatic N) is 3. The van der Waals surface area contributed by atoms with Gasteiger partial charge in [-0.1, -0.05) is 0 Å². The number of alkyl halides is 3. The van der Waals surface area contributed by atoms with Crippen molar-refractivity contribution >= 4 is 11.5 Å². The molecule has 0 bridgehead atoms. The lowest BCUT2D eigenvalue weighted by Crippen LogP contribution is -2.22. The van der Waals surface area contributed by atoms with Crippen LogP contribution in [0.3, 0.4) is 0 Å². The van der Waals surface area contributed by atoms with Gasteiger partial charge in [0.15, 0.2) is 0 Å². The molecule has 0 atom stereocenters. The number of rotatable bonds is 3. The van der Waals surface area contributed by atoms with Crippen LogP contribution in [-0.4, -0.2) is 22.6 Å². The van der Waals surface area contributed by atoms with E-state index in [2.05, 4.69) is 4.98 Å². The molecular formula is C8H5F3N4O2. The maximum atomic E-state index is 11.9. The van der Waals surface area contributed by atoms with Crippen LogP contribution in [0.15, 0.2) is 12.3 Å². The van der Waals surface area contributed by atoms with Crippen LogP contribution in [0.4, 0.5) is 24.7 Å². The number of hydrogen-bond donors (Lipinski definition) is 1. The largest absolute Gasteiger partial charge is 0.405 e. The van der Waals surface area contributed by atoms with Crippen molar-refractivity contribution in [2.45, 2.75) is 6.18 Å². The molecule has 0 aliphatic rings. The first-order valence-corrected chi connectivity index (χ1v) is 4.18. The van der Waals surface area contributed by atoms with Gasteiger partial charge in [-0.25, -0.2) is 4.98 Å². The number of aromatic nitrogens is 1. The van der Waals surface area contributed by atoms with E-state index in [9.17, 15) is 23.3 Å². The van der Waals surface area contributed by atoms with Crippen molar-refractivity contribution in [2.75, 3.05) is 11.9 Å². The number of anilines is 1. The number of nitriles is 1. The molecule has 0 aliphatic heterocycles. The van der Waals surface area contributed by atoms with Gasteiger partial charge in [-0.15, -0.1) is 0 Å². The van der Waals surface area contributed by atoms with Crippen LogP contribution in [-0.2, 0) is 0 Å². The van der Waals surface area contributed by atoms with Crippen molar-refractivity contribution in [3.63, 3.8) is 0 Å². The van der Waals surface area contributed by atoms with Crippen LogP contribution in [0.25, 0.3) is 0 Å². The summed E-state index contributed by atoms with van der Waals surface area (Å²) in [4.78, 5) is 13.0. The topological polar surface area (TPSA) is 91.8 Å². The van der Waals surface area contributed by atoms with Gasteiger partial charge in [0.1, 0.15) is 30.2 Å². The molecule has 0 aromatic carbocycles. The van der Waals surface area contributed by atoms with Gasteiger partial charge in [0.2, 0.25) is 0 Å². The lowest BCUT2D eigenvalue weighted by Gasteiger charge is -2.09. The van der Waals surface area contributed by atoms with Crippen LogP contribution in [0.1, 0.15) is 5.56 Å². The minimum absolute atomic E-state index is 0.316. The Hall–Kier alpha value is -2.37. The van der Waals surface area contributed by atoms with E-state index >= 15 is 0 Å². The molecule has 0 fully saturated rings. The SMILES string of the molecule is N#Cc1cc([N+](=O)[O-])cnc1NCC(F)(F)F. The Bertz CT molecular complexity index is 481. The summed E-state index contributed by atoms with van der Waals surface area (Å²) in [5, 5.41) is 20.9. The highest BCUT2D eigenvalue weighted by Crippen LogP contribution is 2.20. The summed E-state index contributed by atoms with van der Waals surface area (Å²) in [5.41, 5.74) is -0.775. The Morgan fingerprint density at radius 1 is 1.59 bits per heavy atom. The summed E-state index contributed by atoms with van der Waals surface area (Å²) in [6.45, 7) is -1.37. The molecular weight excluding hydrogens is 241 g/mol. The minimum Gasteiger partial charge on any atom is -0.360 e. The molecule has 90 valence electrons. The van der Waals surface area contributed by atoms with Crippen LogP contribution in [0.2, 0.25) is 0 Å². The first-order chi connectivity index (χ1) is 7.83. The van der Waals surface area contributed by atoms with E-state index in [4.69, 9.17) is 5.26 Å². The number of pyridine rings is 1. The second-order valence-corrected chi connectivity index (χ2v) is 2.93. The maximum Gasteiger partial charge on any atom is 0.405 e. The van der Waals surface area contributed by atoms with E-state index in [-0.39, 0.29) is 11.4 Å². The fourth-order valence-corrected chi connectivity index (χ4v) is 0.964. The molecule has 0 spiro atoms. The third-order valence-corrected chi connectivity index (χ3v) is 1.66. The van der Waals surface area contributed by atoms with Gasteiger partial charge in [-0.05, 0) is 0 Å². The number of halogens is 3. The maximum absolute atomic E-state index is 11.9. The van der Waals surface area contributed by atoms with Crippen LogP contribution < -0.4 is 5.32 Å². The van der Waals surface area contributed by atoms with Crippen LogP contribution in [0, 0.1) is 21.4 Å². The Morgan fingerprint density at radius 3 is 2.71 bits per heavy atom. The van der Waals surface area contributed by atoms with Crippen molar-refractivity contribution < 1.29 is 18.1 Å². The summed E-state index contributed by atoms with van der Waals surface area (Å²) >= 11 is 0. The van der Waals surface area contributed by atoms with E-state index in [1.807, 2.05) is 5.32 Å². The summed E-state index contributed by atoms with van der Waals surface area (Å²) in [6.07, 6.45) is -3.68. The van der Waals surface area contributed by atoms with Crippen molar-refractivity contribution in [1.82, 2.24) is 4.98 Å². The summed E-state index contributed by atoms with van der Waals surface area (Å²) in [7, 11) is 0. The summed E-state index contributed by atoms with van der Waals surface area (Å²) in [5.74, 6) is -0.338. The molecule has 0 saturated carbocycles. The number of nitro groups is 1. The molecule has 1 heterocycles. The van der Waals surface area contributed by atoms with Gasteiger partial charge in [-0.2, -0.15) is 18.4 Å². The third-order valence-electron chi connectivity index (χ3n) is 1.66. The zero-order valence-electron chi connectivity index (χ0n) is 8.15. The molecule has 1 aromatic heterocycles. The van der Waals surface area contributed by atoms with Gasteiger partial charge in [-0.3, -0.25) is 10.1 Å². The molecule has 6 nitrogen and oxygen atoms in total. The summed E-state index contributed by atoms with van der Waals surface area (Å²) < 4.78 is 35.7. The molecule has 0 saturated heterocycles. The number of hydrogen-bond acceptors (Lipinski definition) is 5. The smallest absolute Gasteiger partial charge is 0.360 e. The highest BCUT2D eigenvalue weighted by molar-refractivity contribution is 5.55. The molecule has 0 amide bonds. The second kappa shape index (κ2) is 4.65. The molecule has 0 radical (unpaired) electrons. The Labute approximate surface area is 92.8 Å². The molecule has 1 N–H and O–H groups in total. The first-order valence-electron chi connectivity index (χ1n) is 4.18. The Morgan fingerprint density at radius 2 is 2.24 bits per heavy atom. The lowest BCUT2D eigenvalue weighted by molar-refractivity contribution is -0.385. The van der Waals surface area contributed by atoms with Crippen LogP contribution in [0.5, 0.6) is 0 Å². The van der Waals surface area contributed by atoms with Gasteiger partial charge < -0.3 is 5.32 Å². The van der Waals surface area contributed by atoms with Gasteiger partial charge in [0, 0.05) is 6.07 Å². The van der Waals surface area contributed by atoms with E-state index < -0.39 is 23.3 Å². The number of nitrogens with one attached hydrogen (secondary N) is 1. The lowest BCUT2D eigenvalue weighted by atomic mass is 10.2. The summed E-state index contributed by atoms with van der Waals surface area (Å²) in [6, 6.07) is 2.38. The van der Waals surface area contributed by atoms with E-state index in [0.29, 0.717) is 0 Å². The fraction of sp³-hybridized carbons (Fsp3) is 0.250. The Kier molecular flexibility index (Phi) is 3.47. The van der Waals surface area contributed by atoms with Crippen molar-refractivity contribution in [3.8, 4) is 6.07 Å². The van der Waals surface area contributed by atoms with E-state index in [0.717, 1.165) is 12.3 Å². The monoisotopic (exact) mass is 246 g/mol. The highest BCUT2D eigenvalue weighted by Gasteiger charge is 2.27. The highest BCUT2D eigenvalue weighted by atomic mass is 19.4. The van der Waals surface area contributed by atoms with Gasteiger partial charge >= 0.3 is 6.18 Å². The molecule has 17 heavy (non-hydrogen) atoms. The zero-order valence-corrected chi connectivity index (χ0v) is 8.15. The third kappa shape index (κ3) is 3.60. The average Bonchev–Trinajstić information content (AvgIpc) is 2.24. The zero-order chi connectivity index (χ0) is 13.1.